The third-order valence-electron chi connectivity index (χ3n) is 4.46. The van der Waals surface area contributed by atoms with Gasteiger partial charge in [0.2, 0.25) is 11.8 Å². The van der Waals surface area contributed by atoms with Gasteiger partial charge in [0, 0.05) is 32.8 Å². The Morgan fingerprint density at radius 3 is 2.64 bits per heavy atom. The molecule has 6 heteroatoms. The molecule has 0 radical (unpaired) electrons. The fourth-order valence-electron chi connectivity index (χ4n) is 3.19. The van der Waals surface area contributed by atoms with E-state index in [-0.39, 0.29) is 30.2 Å². The monoisotopic (exact) mass is 338 g/mol. The highest BCUT2D eigenvalue weighted by atomic mass is 16.2. The summed E-state index contributed by atoms with van der Waals surface area (Å²) in [5, 5.41) is 6.08. The standard InChI is InChI=1S/C19H22N4O2/c1-23-17(24)13-15(18(23)14-7-3-2-4-8-14)19(25)22-12-11-21-16-9-5-6-10-20-16/h2-10,15,18H,11-13H2,1H3,(H,20,21)(H,22,25)/t15-,18-/m0/s1. The van der Waals surface area contributed by atoms with Crippen LogP contribution < -0.4 is 10.6 Å². The Morgan fingerprint density at radius 2 is 1.92 bits per heavy atom. The molecule has 0 unspecified atom stereocenters. The van der Waals surface area contributed by atoms with Crippen molar-refractivity contribution in [2.75, 3.05) is 25.5 Å². The second-order valence-electron chi connectivity index (χ2n) is 6.10. The lowest BCUT2D eigenvalue weighted by Crippen LogP contribution is -2.36. The third-order valence-corrected chi connectivity index (χ3v) is 4.46. The van der Waals surface area contributed by atoms with E-state index < -0.39 is 0 Å². The lowest BCUT2D eigenvalue weighted by molar-refractivity contribution is -0.128. The second kappa shape index (κ2) is 7.79. The summed E-state index contributed by atoms with van der Waals surface area (Å²) in [5.74, 6) is 0.319. The zero-order chi connectivity index (χ0) is 17.6. The van der Waals surface area contributed by atoms with Crippen LogP contribution in [0.1, 0.15) is 18.0 Å². The first-order chi connectivity index (χ1) is 12.2. The van der Waals surface area contributed by atoms with Crippen LogP contribution in [-0.2, 0) is 9.59 Å². The summed E-state index contributed by atoms with van der Waals surface area (Å²) in [6, 6.07) is 15.1. The predicted molar refractivity (Wildman–Crippen MR) is 95.8 cm³/mol. The molecule has 1 saturated heterocycles. The molecule has 0 aliphatic carbocycles. The van der Waals surface area contributed by atoms with Gasteiger partial charge >= 0.3 is 0 Å². The van der Waals surface area contributed by atoms with E-state index in [4.69, 9.17) is 0 Å². The minimum Gasteiger partial charge on any atom is -0.368 e. The smallest absolute Gasteiger partial charge is 0.226 e. The van der Waals surface area contributed by atoms with Crippen LogP contribution in [0.25, 0.3) is 0 Å². The number of rotatable bonds is 6. The van der Waals surface area contributed by atoms with Crippen LogP contribution in [0, 0.1) is 5.92 Å². The molecule has 2 N–H and O–H groups in total. The molecule has 1 fully saturated rings. The van der Waals surface area contributed by atoms with Crippen molar-refractivity contribution >= 4 is 17.6 Å². The van der Waals surface area contributed by atoms with E-state index in [1.165, 1.54) is 0 Å². The highest BCUT2D eigenvalue weighted by molar-refractivity contribution is 5.90. The van der Waals surface area contributed by atoms with Gasteiger partial charge in [-0.05, 0) is 17.7 Å². The number of carbonyl (C=O) groups excluding carboxylic acids is 2. The van der Waals surface area contributed by atoms with Crippen molar-refractivity contribution < 1.29 is 9.59 Å². The van der Waals surface area contributed by atoms with Crippen molar-refractivity contribution in [3.05, 3.63) is 60.3 Å². The molecule has 1 aromatic carbocycles. The van der Waals surface area contributed by atoms with E-state index in [2.05, 4.69) is 15.6 Å². The van der Waals surface area contributed by atoms with E-state index in [0.717, 1.165) is 11.4 Å². The molecule has 6 nitrogen and oxygen atoms in total. The largest absolute Gasteiger partial charge is 0.368 e. The molecule has 0 saturated carbocycles. The number of pyridine rings is 1. The molecule has 1 aromatic heterocycles. The van der Waals surface area contributed by atoms with Crippen LogP contribution in [0.5, 0.6) is 0 Å². The maximum atomic E-state index is 12.6. The second-order valence-corrected chi connectivity index (χ2v) is 6.10. The summed E-state index contributed by atoms with van der Waals surface area (Å²) in [6.07, 6.45) is 1.96. The number of carbonyl (C=O) groups is 2. The van der Waals surface area contributed by atoms with Gasteiger partial charge in [-0.15, -0.1) is 0 Å². The lowest BCUT2D eigenvalue weighted by Gasteiger charge is -2.25. The van der Waals surface area contributed by atoms with E-state index in [0.29, 0.717) is 13.1 Å². The number of nitrogens with zero attached hydrogens (tertiary/aromatic N) is 2. The van der Waals surface area contributed by atoms with Crippen molar-refractivity contribution in [1.82, 2.24) is 15.2 Å². The van der Waals surface area contributed by atoms with Crippen LogP contribution >= 0.6 is 0 Å². The Kier molecular flexibility index (Phi) is 5.28. The van der Waals surface area contributed by atoms with Gasteiger partial charge < -0.3 is 15.5 Å². The normalized spacial score (nSPS) is 19.7. The fraction of sp³-hybridized carbons (Fsp3) is 0.316. The van der Waals surface area contributed by atoms with Crippen molar-refractivity contribution in [2.45, 2.75) is 12.5 Å². The van der Waals surface area contributed by atoms with Gasteiger partial charge in [-0.2, -0.15) is 0 Å². The van der Waals surface area contributed by atoms with Crippen molar-refractivity contribution in [3.63, 3.8) is 0 Å². The van der Waals surface area contributed by atoms with Crippen molar-refractivity contribution in [3.8, 4) is 0 Å². The first kappa shape index (κ1) is 17.0. The molecule has 3 rings (SSSR count). The molecule has 0 bridgehead atoms. The zero-order valence-electron chi connectivity index (χ0n) is 14.2. The first-order valence-electron chi connectivity index (χ1n) is 8.40. The minimum atomic E-state index is -0.366. The maximum Gasteiger partial charge on any atom is 0.226 e. The van der Waals surface area contributed by atoms with Crippen LogP contribution in [0.2, 0.25) is 0 Å². The molecule has 1 aliphatic rings. The van der Waals surface area contributed by atoms with Crippen molar-refractivity contribution in [2.24, 2.45) is 5.92 Å². The van der Waals surface area contributed by atoms with E-state index >= 15 is 0 Å². The van der Waals surface area contributed by atoms with Crippen LogP contribution in [-0.4, -0.2) is 41.8 Å². The summed E-state index contributed by atoms with van der Waals surface area (Å²) < 4.78 is 0. The Bertz CT molecular complexity index is 721. The number of amides is 2. The average Bonchev–Trinajstić information content (AvgIpc) is 2.95. The molecule has 2 heterocycles. The Morgan fingerprint density at radius 1 is 1.16 bits per heavy atom. The van der Waals surface area contributed by atoms with Crippen LogP contribution in [0.15, 0.2) is 54.7 Å². The van der Waals surface area contributed by atoms with Gasteiger partial charge in [0.1, 0.15) is 5.82 Å². The molecular weight excluding hydrogens is 316 g/mol. The molecule has 2 amide bonds. The maximum absolute atomic E-state index is 12.6. The van der Waals surface area contributed by atoms with Gasteiger partial charge in [0.15, 0.2) is 0 Å². The molecule has 0 spiro atoms. The SMILES string of the molecule is CN1C(=O)C[C@H](C(=O)NCCNc2ccccn2)[C@@H]1c1ccccc1. The number of hydrogen-bond acceptors (Lipinski definition) is 4. The minimum absolute atomic E-state index is 0.000568. The van der Waals surface area contributed by atoms with E-state index in [1.54, 1.807) is 18.1 Å². The fourth-order valence-corrected chi connectivity index (χ4v) is 3.19. The van der Waals surface area contributed by atoms with E-state index in [1.807, 2.05) is 48.5 Å². The third kappa shape index (κ3) is 3.96. The molecule has 2 aromatic rings. The number of likely N-dealkylation sites (tertiary alicyclic amines) is 1. The summed E-state index contributed by atoms with van der Waals surface area (Å²) in [7, 11) is 1.76. The number of aromatic nitrogens is 1. The Hall–Kier alpha value is -2.89. The van der Waals surface area contributed by atoms with Crippen LogP contribution in [0.4, 0.5) is 5.82 Å². The summed E-state index contributed by atoms with van der Waals surface area (Å²) in [6.45, 7) is 1.06. The van der Waals surface area contributed by atoms with Gasteiger partial charge in [-0.25, -0.2) is 4.98 Å². The number of anilines is 1. The van der Waals surface area contributed by atoms with Crippen molar-refractivity contribution in [1.29, 1.82) is 0 Å². The van der Waals surface area contributed by atoms with Gasteiger partial charge in [-0.3, -0.25) is 9.59 Å². The summed E-state index contributed by atoms with van der Waals surface area (Å²) in [4.78, 5) is 30.6. The molecule has 1 aliphatic heterocycles. The number of nitrogens with one attached hydrogen (secondary N) is 2. The first-order valence-corrected chi connectivity index (χ1v) is 8.40. The number of hydrogen-bond donors (Lipinski definition) is 2. The van der Waals surface area contributed by atoms with E-state index in [9.17, 15) is 9.59 Å². The molecule has 25 heavy (non-hydrogen) atoms. The highest BCUT2D eigenvalue weighted by Gasteiger charge is 2.42. The highest BCUT2D eigenvalue weighted by Crippen LogP contribution is 2.36. The zero-order valence-corrected chi connectivity index (χ0v) is 14.2. The van der Waals surface area contributed by atoms with Gasteiger partial charge in [0.25, 0.3) is 0 Å². The predicted octanol–water partition coefficient (Wildman–Crippen LogP) is 1.83. The Labute approximate surface area is 147 Å². The molecule has 130 valence electrons. The summed E-state index contributed by atoms with van der Waals surface area (Å²) in [5.41, 5.74) is 0.989. The lowest BCUT2D eigenvalue weighted by atomic mass is 9.93. The van der Waals surface area contributed by atoms with Crippen LogP contribution in [0.3, 0.4) is 0 Å². The molecule has 2 atom stereocenters. The quantitative estimate of drug-likeness (QED) is 0.788. The van der Waals surface area contributed by atoms with Gasteiger partial charge in [-0.1, -0.05) is 36.4 Å². The summed E-state index contributed by atoms with van der Waals surface area (Å²) >= 11 is 0. The number of benzene rings is 1. The molecular formula is C19H22N4O2. The van der Waals surface area contributed by atoms with Gasteiger partial charge in [0.05, 0.1) is 12.0 Å². The topological polar surface area (TPSA) is 74.3 Å². The average molecular weight is 338 g/mol. The Balaban J connectivity index is 1.57.